The van der Waals surface area contributed by atoms with Gasteiger partial charge in [0, 0.05) is 0 Å². The SMILES string of the molecule is Cc1ccccc1N1S[N+](C)([O-])N(C)C1=O. The molecule has 1 heterocycles. The fraction of sp³-hybridized carbons (Fsp3) is 0.300. The molecule has 1 aromatic rings. The Bertz CT molecular complexity index is 436. The largest absolute Gasteiger partial charge is 0.593 e. The zero-order valence-corrected chi connectivity index (χ0v) is 10.2. The maximum Gasteiger partial charge on any atom is 0.384 e. The van der Waals surface area contributed by atoms with E-state index in [0.29, 0.717) is 0 Å². The molecule has 0 bridgehead atoms. The van der Waals surface area contributed by atoms with E-state index in [1.807, 2.05) is 31.2 Å². The Kier molecular flexibility index (Phi) is 2.57. The summed E-state index contributed by atoms with van der Waals surface area (Å²) in [6.45, 7) is 1.91. The van der Waals surface area contributed by atoms with Crippen LogP contribution in [0.15, 0.2) is 24.3 Å². The minimum atomic E-state index is -0.771. The predicted octanol–water partition coefficient (Wildman–Crippen LogP) is 2.29. The van der Waals surface area contributed by atoms with Crippen molar-refractivity contribution in [3.8, 4) is 0 Å². The fourth-order valence-corrected chi connectivity index (χ4v) is 2.43. The second-order valence-electron chi connectivity index (χ2n) is 3.77. The number of carbonyl (C=O) groups is 1. The minimum Gasteiger partial charge on any atom is -0.593 e. The van der Waals surface area contributed by atoms with Crippen LogP contribution < -0.4 is 4.31 Å². The smallest absolute Gasteiger partial charge is 0.384 e. The van der Waals surface area contributed by atoms with Gasteiger partial charge in [-0.15, -0.1) is 0 Å². The Morgan fingerprint density at radius 3 is 2.50 bits per heavy atom. The summed E-state index contributed by atoms with van der Waals surface area (Å²) in [6.07, 6.45) is 0. The Hall–Kier alpha value is -1.24. The molecule has 5 nitrogen and oxygen atoms in total. The number of quaternary nitrogens is 1. The van der Waals surface area contributed by atoms with Gasteiger partial charge in [0.2, 0.25) is 12.1 Å². The van der Waals surface area contributed by atoms with Crippen LogP contribution in [-0.4, -0.2) is 29.3 Å². The van der Waals surface area contributed by atoms with Crippen LogP contribution in [0.2, 0.25) is 0 Å². The summed E-state index contributed by atoms with van der Waals surface area (Å²) < 4.78 is 0.662. The molecule has 2 amide bonds. The van der Waals surface area contributed by atoms with Crippen molar-refractivity contribution in [2.75, 3.05) is 18.4 Å². The van der Waals surface area contributed by atoms with E-state index in [1.165, 1.54) is 18.4 Å². The molecule has 0 N–H and O–H groups in total. The van der Waals surface area contributed by atoms with Crippen molar-refractivity contribution in [2.45, 2.75) is 6.92 Å². The van der Waals surface area contributed by atoms with Crippen LogP contribution in [-0.2, 0) is 0 Å². The standard InChI is InChI=1S/C10H13N3O2S/c1-8-6-4-5-7-9(8)12-10(14)11(2)13(3,15)16-12/h4-7H,1-3H3. The van der Waals surface area contributed by atoms with E-state index in [4.69, 9.17) is 0 Å². The Morgan fingerprint density at radius 2 is 2.00 bits per heavy atom. The van der Waals surface area contributed by atoms with E-state index in [1.54, 1.807) is 0 Å². The second kappa shape index (κ2) is 3.65. The van der Waals surface area contributed by atoms with Crippen molar-refractivity contribution in [1.82, 2.24) is 5.01 Å². The number of hydrogen-bond donors (Lipinski definition) is 0. The van der Waals surface area contributed by atoms with Gasteiger partial charge in [-0.3, -0.25) is 0 Å². The van der Waals surface area contributed by atoms with Crippen molar-refractivity contribution in [3.05, 3.63) is 35.0 Å². The number of rotatable bonds is 1. The minimum absolute atomic E-state index is 0.295. The van der Waals surface area contributed by atoms with Crippen LogP contribution in [0.5, 0.6) is 0 Å². The van der Waals surface area contributed by atoms with Crippen LogP contribution >= 0.6 is 12.1 Å². The van der Waals surface area contributed by atoms with Crippen molar-refractivity contribution in [1.29, 1.82) is 0 Å². The maximum atomic E-state index is 11.9. The van der Waals surface area contributed by atoms with Gasteiger partial charge in [0.25, 0.3) is 0 Å². The van der Waals surface area contributed by atoms with Crippen molar-refractivity contribution in [2.24, 2.45) is 0 Å². The molecule has 1 aromatic carbocycles. The van der Waals surface area contributed by atoms with Gasteiger partial charge < -0.3 is 5.21 Å². The molecule has 16 heavy (non-hydrogen) atoms. The number of carbonyl (C=O) groups excluding carboxylic acids is 1. The van der Waals surface area contributed by atoms with Crippen molar-refractivity contribution >= 4 is 23.9 Å². The predicted molar refractivity (Wildman–Crippen MR) is 64.0 cm³/mol. The third-order valence-corrected chi connectivity index (χ3v) is 3.63. The molecule has 0 aromatic heterocycles. The molecule has 1 fully saturated rings. The van der Waals surface area contributed by atoms with Gasteiger partial charge in [0.15, 0.2) is 0 Å². The zero-order valence-electron chi connectivity index (χ0n) is 9.38. The van der Waals surface area contributed by atoms with Gasteiger partial charge in [0.1, 0.15) is 7.05 Å². The lowest BCUT2D eigenvalue weighted by Gasteiger charge is -2.32. The lowest BCUT2D eigenvalue weighted by Crippen LogP contribution is -2.42. The molecule has 0 radical (unpaired) electrons. The van der Waals surface area contributed by atoms with Crippen molar-refractivity contribution < 1.29 is 8.96 Å². The van der Waals surface area contributed by atoms with Gasteiger partial charge in [-0.05, 0) is 18.6 Å². The fourth-order valence-electron chi connectivity index (χ4n) is 1.47. The van der Waals surface area contributed by atoms with Gasteiger partial charge >= 0.3 is 6.03 Å². The van der Waals surface area contributed by atoms with Gasteiger partial charge in [-0.2, -0.15) is 13.5 Å². The molecule has 1 unspecified atom stereocenters. The van der Waals surface area contributed by atoms with E-state index >= 15 is 0 Å². The molecule has 1 aliphatic rings. The Morgan fingerprint density at radius 1 is 1.38 bits per heavy atom. The highest BCUT2D eigenvalue weighted by Gasteiger charge is 2.43. The summed E-state index contributed by atoms with van der Waals surface area (Å²) in [5, 5.41) is 13.1. The number of hydroxylamine groups is 1. The Labute approximate surface area is 98.6 Å². The van der Waals surface area contributed by atoms with E-state index in [-0.39, 0.29) is 6.03 Å². The highest BCUT2D eigenvalue weighted by Crippen LogP contribution is 2.39. The lowest BCUT2D eigenvalue weighted by molar-refractivity contribution is -0.829. The number of hydrogen-bond acceptors (Lipinski definition) is 3. The van der Waals surface area contributed by atoms with E-state index in [9.17, 15) is 10.0 Å². The van der Waals surface area contributed by atoms with E-state index in [2.05, 4.69) is 0 Å². The molecule has 1 saturated heterocycles. The molecule has 6 heteroatoms. The highest BCUT2D eigenvalue weighted by molar-refractivity contribution is 7.96. The number of aryl methyl sites for hydroxylation is 1. The summed E-state index contributed by atoms with van der Waals surface area (Å²) in [7, 11) is 2.93. The average molecular weight is 239 g/mol. The Balaban J connectivity index is 2.38. The summed E-state index contributed by atoms with van der Waals surface area (Å²) in [5.41, 5.74) is 1.74. The topological polar surface area (TPSA) is 46.6 Å². The third-order valence-electron chi connectivity index (χ3n) is 2.56. The monoisotopic (exact) mass is 239 g/mol. The average Bonchev–Trinajstić information content (AvgIpc) is 2.43. The van der Waals surface area contributed by atoms with Gasteiger partial charge in [0.05, 0.1) is 12.7 Å². The van der Waals surface area contributed by atoms with Crippen LogP contribution in [0.3, 0.4) is 0 Å². The highest BCUT2D eigenvalue weighted by atomic mass is 32.2. The number of nitrogens with zero attached hydrogens (tertiary/aromatic N) is 3. The molecule has 0 spiro atoms. The van der Waals surface area contributed by atoms with Gasteiger partial charge in [-0.25, -0.2) is 4.79 Å². The molecular formula is C10H13N3O2S. The molecule has 86 valence electrons. The van der Waals surface area contributed by atoms with Crippen LogP contribution in [0.1, 0.15) is 5.56 Å². The van der Waals surface area contributed by atoms with Crippen LogP contribution in [0, 0.1) is 12.1 Å². The zero-order chi connectivity index (χ0) is 11.9. The molecule has 2 rings (SSSR count). The first-order valence-corrected chi connectivity index (χ1v) is 5.57. The maximum absolute atomic E-state index is 11.9. The molecule has 0 saturated carbocycles. The third kappa shape index (κ3) is 1.64. The number of benzene rings is 1. The molecular weight excluding hydrogens is 226 g/mol. The molecule has 0 aliphatic carbocycles. The van der Waals surface area contributed by atoms with Crippen LogP contribution in [0.4, 0.5) is 10.5 Å². The first kappa shape index (κ1) is 11.3. The molecule has 1 aliphatic heterocycles. The number of para-hydroxylation sites is 1. The van der Waals surface area contributed by atoms with Gasteiger partial charge in [-0.1, -0.05) is 18.2 Å². The summed E-state index contributed by atoms with van der Waals surface area (Å²) >= 11 is 0.943. The number of amides is 2. The number of anilines is 1. The second-order valence-corrected chi connectivity index (χ2v) is 4.98. The summed E-state index contributed by atoms with van der Waals surface area (Å²) in [6, 6.07) is 7.20. The summed E-state index contributed by atoms with van der Waals surface area (Å²) in [5.74, 6) is 0. The first-order valence-electron chi connectivity index (χ1n) is 4.84. The van der Waals surface area contributed by atoms with Crippen LogP contribution in [0.25, 0.3) is 0 Å². The first-order chi connectivity index (χ1) is 7.43. The lowest BCUT2D eigenvalue weighted by atomic mass is 10.2. The van der Waals surface area contributed by atoms with Crippen molar-refractivity contribution in [3.63, 3.8) is 0 Å². The van der Waals surface area contributed by atoms with E-state index in [0.717, 1.165) is 28.4 Å². The van der Waals surface area contributed by atoms with E-state index < -0.39 is 4.16 Å². The summed E-state index contributed by atoms with van der Waals surface area (Å²) in [4.78, 5) is 11.9. The molecule has 1 atom stereocenters. The number of urea groups is 1. The quantitative estimate of drug-likeness (QED) is 0.429. The normalized spacial score (nSPS) is 25.4.